The first kappa shape index (κ1) is 17.8. The average molecular weight is 408 g/mol. The number of fused-ring (bicyclic) bond motifs is 3. The van der Waals surface area contributed by atoms with E-state index in [1.807, 2.05) is 23.6 Å². The molecule has 1 atom stereocenters. The molecule has 2 aromatic heterocycles. The SMILES string of the molecule is CN1Cc2cc(-c3nncc4ccccc34)ccc2C(c2cc3ccccc3s2)C1. The molecule has 1 aliphatic heterocycles. The summed E-state index contributed by atoms with van der Waals surface area (Å²) in [5.74, 6) is 0.406. The summed E-state index contributed by atoms with van der Waals surface area (Å²) in [7, 11) is 2.22. The lowest BCUT2D eigenvalue weighted by Crippen LogP contribution is -2.30. The van der Waals surface area contributed by atoms with Crippen molar-refractivity contribution in [2.75, 3.05) is 13.6 Å². The zero-order valence-corrected chi connectivity index (χ0v) is 17.6. The second-order valence-corrected chi connectivity index (χ2v) is 9.25. The first-order valence-electron chi connectivity index (χ1n) is 10.3. The van der Waals surface area contributed by atoms with Gasteiger partial charge in [0.05, 0.1) is 6.20 Å². The van der Waals surface area contributed by atoms with Gasteiger partial charge in [-0.15, -0.1) is 16.4 Å². The first-order valence-corrected chi connectivity index (χ1v) is 11.1. The van der Waals surface area contributed by atoms with E-state index in [1.165, 1.54) is 26.1 Å². The molecular formula is C26H21N3S. The topological polar surface area (TPSA) is 29.0 Å². The van der Waals surface area contributed by atoms with Crippen LogP contribution in [0.3, 0.4) is 0 Å². The predicted octanol–water partition coefficient (Wildman–Crippen LogP) is 6.09. The molecular weight excluding hydrogens is 386 g/mol. The van der Waals surface area contributed by atoms with Gasteiger partial charge >= 0.3 is 0 Å². The van der Waals surface area contributed by atoms with Gasteiger partial charge in [-0.3, -0.25) is 0 Å². The van der Waals surface area contributed by atoms with Crippen LogP contribution in [0.1, 0.15) is 21.9 Å². The number of hydrogen-bond donors (Lipinski definition) is 0. The molecule has 0 aliphatic carbocycles. The van der Waals surface area contributed by atoms with Crippen molar-refractivity contribution in [3.05, 3.63) is 95.0 Å². The molecule has 0 bridgehead atoms. The molecule has 0 radical (unpaired) electrons. The highest BCUT2D eigenvalue weighted by Crippen LogP contribution is 2.40. The van der Waals surface area contributed by atoms with Crippen LogP contribution in [0.25, 0.3) is 32.1 Å². The fourth-order valence-electron chi connectivity index (χ4n) is 4.65. The van der Waals surface area contributed by atoms with Crippen molar-refractivity contribution in [2.24, 2.45) is 0 Å². The van der Waals surface area contributed by atoms with Crippen molar-refractivity contribution in [3.63, 3.8) is 0 Å². The Labute approximate surface area is 179 Å². The van der Waals surface area contributed by atoms with Gasteiger partial charge in [0.1, 0.15) is 5.69 Å². The van der Waals surface area contributed by atoms with E-state index >= 15 is 0 Å². The third-order valence-electron chi connectivity index (χ3n) is 6.08. The summed E-state index contributed by atoms with van der Waals surface area (Å²) < 4.78 is 1.37. The van der Waals surface area contributed by atoms with Crippen LogP contribution in [0, 0.1) is 0 Å². The van der Waals surface area contributed by atoms with Crippen LogP contribution in [0.4, 0.5) is 0 Å². The molecule has 1 aliphatic rings. The van der Waals surface area contributed by atoms with Crippen LogP contribution in [-0.2, 0) is 6.54 Å². The molecule has 1 unspecified atom stereocenters. The van der Waals surface area contributed by atoms with Crippen molar-refractivity contribution in [1.29, 1.82) is 0 Å². The maximum atomic E-state index is 4.49. The Morgan fingerprint density at radius 3 is 2.67 bits per heavy atom. The number of nitrogens with zero attached hydrogens (tertiary/aromatic N) is 3. The monoisotopic (exact) mass is 407 g/mol. The number of hydrogen-bond acceptors (Lipinski definition) is 4. The highest BCUT2D eigenvalue weighted by atomic mass is 32.1. The molecule has 30 heavy (non-hydrogen) atoms. The molecule has 4 heteroatoms. The fourth-order valence-corrected chi connectivity index (χ4v) is 5.83. The van der Waals surface area contributed by atoms with E-state index in [1.54, 1.807) is 0 Å². The lowest BCUT2D eigenvalue weighted by molar-refractivity contribution is 0.296. The Kier molecular flexibility index (Phi) is 4.15. The largest absolute Gasteiger partial charge is 0.301 e. The van der Waals surface area contributed by atoms with Crippen LogP contribution in [0.2, 0.25) is 0 Å². The molecule has 0 spiro atoms. The van der Waals surface area contributed by atoms with E-state index in [-0.39, 0.29) is 0 Å². The summed E-state index contributed by atoms with van der Waals surface area (Å²) in [6, 6.07) is 26.3. The zero-order chi connectivity index (χ0) is 20.1. The molecule has 0 amide bonds. The van der Waals surface area contributed by atoms with E-state index in [2.05, 4.69) is 88.9 Å². The Morgan fingerprint density at radius 2 is 1.77 bits per heavy atom. The summed E-state index contributed by atoms with van der Waals surface area (Å²) >= 11 is 1.92. The predicted molar refractivity (Wildman–Crippen MR) is 125 cm³/mol. The van der Waals surface area contributed by atoms with E-state index in [0.29, 0.717) is 5.92 Å². The van der Waals surface area contributed by atoms with E-state index in [0.717, 1.165) is 35.1 Å². The van der Waals surface area contributed by atoms with Gasteiger partial charge in [0.2, 0.25) is 0 Å². The fraction of sp³-hybridized carbons (Fsp3) is 0.154. The van der Waals surface area contributed by atoms with E-state index in [9.17, 15) is 0 Å². The number of benzene rings is 3. The van der Waals surface area contributed by atoms with Gasteiger partial charge in [0.25, 0.3) is 0 Å². The molecule has 0 saturated carbocycles. The van der Waals surface area contributed by atoms with Crippen LogP contribution in [0.15, 0.2) is 79.0 Å². The summed E-state index contributed by atoms with van der Waals surface area (Å²) in [6.45, 7) is 2.01. The van der Waals surface area contributed by atoms with Crippen LogP contribution in [0.5, 0.6) is 0 Å². The minimum absolute atomic E-state index is 0.406. The quantitative estimate of drug-likeness (QED) is 0.355. The van der Waals surface area contributed by atoms with Gasteiger partial charge in [-0.25, -0.2) is 0 Å². The van der Waals surface area contributed by atoms with E-state index in [4.69, 9.17) is 0 Å². The third kappa shape index (κ3) is 2.92. The Bertz CT molecular complexity index is 1350. The molecule has 0 N–H and O–H groups in total. The minimum atomic E-state index is 0.406. The molecule has 3 nitrogen and oxygen atoms in total. The van der Waals surface area contributed by atoms with Crippen molar-refractivity contribution in [3.8, 4) is 11.3 Å². The number of likely N-dealkylation sites (N-methyl/N-ethyl adjacent to an activating group) is 1. The lowest BCUT2D eigenvalue weighted by Gasteiger charge is -2.32. The number of rotatable bonds is 2. The molecule has 146 valence electrons. The van der Waals surface area contributed by atoms with Crippen LogP contribution >= 0.6 is 11.3 Å². The maximum absolute atomic E-state index is 4.49. The van der Waals surface area contributed by atoms with Gasteiger partial charge in [0.15, 0.2) is 0 Å². The Morgan fingerprint density at radius 1 is 0.933 bits per heavy atom. The Hall–Kier alpha value is -3.08. The van der Waals surface area contributed by atoms with Gasteiger partial charge < -0.3 is 4.90 Å². The lowest BCUT2D eigenvalue weighted by atomic mass is 9.87. The highest BCUT2D eigenvalue weighted by Gasteiger charge is 2.26. The molecule has 6 rings (SSSR count). The van der Waals surface area contributed by atoms with Crippen molar-refractivity contribution >= 4 is 32.2 Å². The first-order chi connectivity index (χ1) is 14.8. The maximum Gasteiger partial charge on any atom is 0.101 e. The number of thiophene rings is 1. The van der Waals surface area contributed by atoms with Gasteiger partial charge in [-0.2, -0.15) is 5.10 Å². The highest BCUT2D eigenvalue weighted by molar-refractivity contribution is 7.19. The number of aromatic nitrogens is 2. The molecule has 3 aromatic carbocycles. The van der Waals surface area contributed by atoms with Gasteiger partial charge in [-0.05, 0) is 41.8 Å². The standard InChI is InChI=1S/C26H21N3S/c1-29-15-20-12-18(26-22-8-4-2-7-19(22)14-27-28-26)10-11-21(20)23(16-29)25-13-17-6-3-5-9-24(17)30-25/h2-14,23H,15-16H2,1H3. The Balaban J connectivity index is 1.47. The van der Waals surface area contributed by atoms with Crippen LogP contribution in [-0.4, -0.2) is 28.7 Å². The normalized spacial score (nSPS) is 16.8. The summed E-state index contributed by atoms with van der Waals surface area (Å²) in [6.07, 6.45) is 1.84. The minimum Gasteiger partial charge on any atom is -0.301 e. The van der Waals surface area contributed by atoms with E-state index < -0.39 is 0 Å². The molecule has 3 heterocycles. The van der Waals surface area contributed by atoms with Crippen LogP contribution < -0.4 is 0 Å². The second-order valence-electron chi connectivity index (χ2n) is 8.13. The van der Waals surface area contributed by atoms with Crippen molar-refractivity contribution in [2.45, 2.75) is 12.5 Å². The van der Waals surface area contributed by atoms with Crippen molar-refractivity contribution in [1.82, 2.24) is 15.1 Å². The summed E-state index contributed by atoms with van der Waals surface area (Å²) in [4.78, 5) is 3.87. The third-order valence-corrected chi connectivity index (χ3v) is 7.31. The molecule has 5 aromatic rings. The average Bonchev–Trinajstić information content (AvgIpc) is 3.22. The summed E-state index contributed by atoms with van der Waals surface area (Å²) in [5.41, 5.74) is 4.93. The van der Waals surface area contributed by atoms with Gasteiger partial charge in [0, 0.05) is 44.9 Å². The smallest absolute Gasteiger partial charge is 0.101 e. The summed E-state index contributed by atoms with van der Waals surface area (Å²) in [5, 5.41) is 12.4. The van der Waals surface area contributed by atoms with Gasteiger partial charge in [-0.1, -0.05) is 54.6 Å². The van der Waals surface area contributed by atoms with Crippen molar-refractivity contribution < 1.29 is 0 Å². The molecule has 0 fully saturated rings. The second kappa shape index (κ2) is 7.01. The zero-order valence-electron chi connectivity index (χ0n) is 16.7. The molecule has 0 saturated heterocycles.